The molecule has 1 aliphatic heterocycles. The van der Waals surface area contributed by atoms with Crippen molar-refractivity contribution in [3.63, 3.8) is 0 Å². The predicted molar refractivity (Wildman–Crippen MR) is 91.4 cm³/mol. The lowest BCUT2D eigenvalue weighted by Crippen LogP contribution is -2.47. The van der Waals surface area contributed by atoms with Gasteiger partial charge in [-0.1, -0.05) is 42.3 Å². The summed E-state index contributed by atoms with van der Waals surface area (Å²) in [7, 11) is 0. The van der Waals surface area contributed by atoms with Crippen LogP contribution in [0.15, 0.2) is 42.5 Å². The summed E-state index contributed by atoms with van der Waals surface area (Å²) in [5, 5.41) is 3.57. The van der Waals surface area contributed by atoms with Gasteiger partial charge in [-0.3, -0.25) is 10.2 Å². The molecule has 0 unspecified atom stereocenters. The Morgan fingerprint density at radius 2 is 1.96 bits per heavy atom. The highest BCUT2D eigenvalue weighted by atomic mass is 32.2. The number of carbonyl (C=O) groups excluding carboxylic acids is 1. The molecule has 1 saturated heterocycles. The van der Waals surface area contributed by atoms with E-state index in [0.717, 1.165) is 24.2 Å². The van der Waals surface area contributed by atoms with Crippen LogP contribution >= 0.6 is 11.9 Å². The summed E-state index contributed by atoms with van der Waals surface area (Å²) >= 11 is 1.43. The van der Waals surface area contributed by atoms with Crippen LogP contribution in [-0.4, -0.2) is 24.2 Å². The van der Waals surface area contributed by atoms with Gasteiger partial charge in [0.2, 0.25) is 0 Å². The van der Waals surface area contributed by atoms with Gasteiger partial charge in [-0.25, -0.2) is 4.39 Å². The van der Waals surface area contributed by atoms with Gasteiger partial charge < -0.3 is 5.32 Å². The first kappa shape index (κ1) is 16.0. The predicted octanol–water partition coefficient (Wildman–Crippen LogP) is 2.66. The van der Waals surface area contributed by atoms with E-state index >= 15 is 0 Å². The molecule has 0 spiro atoms. The number of hydrogen-bond acceptors (Lipinski definition) is 4. The van der Waals surface area contributed by atoms with Gasteiger partial charge in [-0.2, -0.15) is 4.83 Å². The second-order valence-electron chi connectivity index (χ2n) is 5.48. The van der Waals surface area contributed by atoms with Crippen LogP contribution in [0.2, 0.25) is 0 Å². The Balaban J connectivity index is 1.77. The number of aryl methyl sites for hydroxylation is 1. The van der Waals surface area contributed by atoms with Gasteiger partial charge in [0, 0.05) is 18.3 Å². The van der Waals surface area contributed by atoms with E-state index in [2.05, 4.69) is 15.6 Å². The molecule has 3 N–H and O–H groups in total. The normalized spacial score (nSPS) is 14.3. The van der Waals surface area contributed by atoms with Crippen molar-refractivity contribution in [2.75, 3.05) is 13.1 Å². The number of halogens is 1. The molecule has 1 fully saturated rings. The van der Waals surface area contributed by atoms with Crippen LogP contribution in [0.5, 0.6) is 0 Å². The van der Waals surface area contributed by atoms with Crippen LogP contribution < -0.4 is 15.6 Å². The summed E-state index contributed by atoms with van der Waals surface area (Å²) in [4.78, 5) is 15.0. The molecule has 23 heavy (non-hydrogen) atoms. The average Bonchev–Trinajstić information content (AvgIpc) is 2.53. The van der Waals surface area contributed by atoms with Crippen LogP contribution in [-0.2, 0) is 0 Å². The number of rotatable bonds is 5. The molecule has 2 aromatic rings. The lowest BCUT2D eigenvalue weighted by Gasteiger charge is -2.26. The van der Waals surface area contributed by atoms with Gasteiger partial charge >= 0.3 is 0 Å². The van der Waals surface area contributed by atoms with E-state index in [1.54, 1.807) is 19.1 Å². The number of nitrogens with one attached hydrogen (secondary N) is 3. The quantitative estimate of drug-likeness (QED) is 0.582. The van der Waals surface area contributed by atoms with E-state index in [9.17, 15) is 9.18 Å². The molecule has 0 bridgehead atoms. The van der Waals surface area contributed by atoms with E-state index in [1.807, 2.05) is 30.3 Å². The van der Waals surface area contributed by atoms with Crippen molar-refractivity contribution in [2.45, 2.75) is 12.2 Å². The highest BCUT2D eigenvalue weighted by molar-refractivity contribution is 7.98. The van der Waals surface area contributed by atoms with Gasteiger partial charge in [0.1, 0.15) is 5.82 Å². The molecular formula is C17H18FN3OS. The van der Waals surface area contributed by atoms with Crippen molar-refractivity contribution >= 4 is 17.9 Å². The van der Waals surface area contributed by atoms with E-state index in [0.29, 0.717) is 10.8 Å². The zero-order valence-corrected chi connectivity index (χ0v) is 13.5. The minimum atomic E-state index is -0.487. The highest BCUT2D eigenvalue weighted by Gasteiger charge is 2.19. The first-order valence-electron chi connectivity index (χ1n) is 7.42. The van der Waals surface area contributed by atoms with Crippen LogP contribution in [0, 0.1) is 12.7 Å². The van der Waals surface area contributed by atoms with E-state index in [-0.39, 0.29) is 5.56 Å². The van der Waals surface area contributed by atoms with E-state index < -0.39 is 11.7 Å². The summed E-state index contributed by atoms with van der Waals surface area (Å²) in [5.41, 5.74) is 4.82. The molecule has 4 nitrogen and oxygen atoms in total. The maximum atomic E-state index is 14.3. The molecule has 2 aromatic carbocycles. The van der Waals surface area contributed by atoms with Crippen molar-refractivity contribution < 1.29 is 9.18 Å². The fourth-order valence-electron chi connectivity index (χ4n) is 2.30. The van der Waals surface area contributed by atoms with Crippen LogP contribution in [0.25, 0.3) is 11.1 Å². The highest BCUT2D eigenvalue weighted by Crippen LogP contribution is 2.24. The third-order valence-corrected chi connectivity index (χ3v) is 4.63. The monoisotopic (exact) mass is 331 g/mol. The van der Waals surface area contributed by atoms with Crippen LogP contribution in [0.1, 0.15) is 15.9 Å². The number of carbonyl (C=O) groups is 1. The first-order chi connectivity index (χ1) is 11.1. The standard InChI is InChI=1S/C17H18FN3OS/c1-11-7-13(12-5-3-2-4-6-12)8-15(16(11)18)17(22)20-21-23-14-9-19-10-14/h2-8,14,19,21H,9-10H2,1H3,(H,20,22). The number of hydrogen-bond donors (Lipinski definition) is 3. The van der Waals surface area contributed by atoms with E-state index in [4.69, 9.17) is 0 Å². The lowest BCUT2D eigenvalue weighted by atomic mass is 9.99. The van der Waals surface area contributed by atoms with Crippen LogP contribution in [0.4, 0.5) is 4.39 Å². The molecule has 120 valence electrons. The Bertz CT molecular complexity index is 704. The number of hydrazine groups is 1. The largest absolute Gasteiger partial charge is 0.314 e. The smallest absolute Gasteiger partial charge is 0.269 e. The third kappa shape index (κ3) is 3.72. The Morgan fingerprint density at radius 1 is 1.22 bits per heavy atom. The summed E-state index contributed by atoms with van der Waals surface area (Å²) < 4.78 is 14.3. The zero-order chi connectivity index (χ0) is 16.2. The fraction of sp³-hybridized carbons (Fsp3) is 0.235. The molecule has 0 saturated carbocycles. The molecule has 3 rings (SSSR count). The second-order valence-corrected chi connectivity index (χ2v) is 6.58. The van der Waals surface area contributed by atoms with Gasteiger partial charge in [0.05, 0.1) is 5.56 Å². The van der Waals surface area contributed by atoms with Gasteiger partial charge in [0.25, 0.3) is 5.91 Å². The average molecular weight is 331 g/mol. The molecule has 6 heteroatoms. The Kier molecular flexibility index (Phi) is 4.95. The minimum absolute atomic E-state index is 0.0451. The first-order valence-corrected chi connectivity index (χ1v) is 8.30. The van der Waals surface area contributed by atoms with Crippen molar-refractivity contribution in [3.05, 3.63) is 59.4 Å². The fourth-order valence-corrected chi connectivity index (χ4v) is 3.02. The Labute approximate surface area is 139 Å². The maximum Gasteiger partial charge on any atom is 0.269 e. The molecule has 0 radical (unpaired) electrons. The van der Waals surface area contributed by atoms with Crippen molar-refractivity contribution in [1.29, 1.82) is 0 Å². The molecule has 0 atom stereocenters. The summed E-state index contributed by atoms with van der Waals surface area (Å²) in [6.07, 6.45) is 0. The molecule has 1 amide bonds. The van der Waals surface area contributed by atoms with Gasteiger partial charge in [-0.05, 0) is 35.7 Å². The molecule has 1 aliphatic rings. The van der Waals surface area contributed by atoms with Gasteiger partial charge in [-0.15, -0.1) is 0 Å². The van der Waals surface area contributed by atoms with Crippen molar-refractivity contribution in [2.24, 2.45) is 0 Å². The zero-order valence-electron chi connectivity index (χ0n) is 12.7. The second kappa shape index (κ2) is 7.12. The summed E-state index contributed by atoms with van der Waals surface area (Å²) in [5.74, 6) is -0.956. The van der Waals surface area contributed by atoms with Gasteiger partial charge in [0.15, 0.2) is 0 Å². The summed E-state index contributed by atoms with van der Waals surface area (Å²) in [6, 6.07) is 13.0. The maximum absolute atomic E-state index is 14.3. The molecule has 0 aliphatic carbocycles. The topological polar surface area (TPSA) is 53.2 Å². The molecular weight excluding hydrogens is 313 g/mol. The number of benzene rings is 2. The molecule has 0 aromatic heterocycles. The third-order valence-electron chi connectivity index (χ3n) is 3.74. The number of amides is 1. The SMILES string of the molecule is Cc1cc(-c2ccccc2)cc(C(=O)NNSC2CNC2)c1F. The Hall–Kier alpha value is -1.89. The van der Waals surface area contributed by atoms with Crippen molar-refractivity contribution in [1.82, 2.24) is 15.6 Å². The lowest BCUT2D eigenvalue weighted by molar-refractivity contribution is 0.0942. The Morgan fingerprint density at radius 3 is 2.61 bits per heavy atom. The van der Waals surface area contributed by atoms with Crippen molar-refractivity contribution in [3.8, 4) is 11.1 Å². The summed E-state index contributed by atoms with van der Waals surface area (Å²) in [6.45, 7) is 3.48. The molecule has 1 heterocycles. The van der Waals surface area contributed by atoms with E-state index in [1.165, 1.54) is 11.9 Å². The minimum Gasteiger partial charge on any atom is -0.314 e. The van der Waals surface area contributed by atoms with Crippen LogP contribution in [0.3, 0.4) is 0 Å².